The number of H-pyrrole nitrogens is 1. The van der Waals surface area contributed by atoms with Crippen molar-refractivity contribution in [2.45, 2.75) is 19.8 Å². The molecule has 2 rings (SSSR count). The predicted octanol–water partition coefficient (Wildman–Crippen LogP) is 4.68. The van der Waals surface area contributed by atoms with Crippen LogP contribution in [0.25, 0.3) is 11.4 Å². The number of aryl methyl sites for hydroxylation is 1. The van der Waals surface area contributed by atoms with Gasteiger partial charge in [-0.05, 0) is 44.3 Å². The van der Waals surface area contributed by atoms with E-state index in [1.165, 1.54) is 0 Å². The van der Waals surface area contributed by atoms with Gasteiger partial charge < -0.3 is 4.98 Å². The number of nitrogens with zero attached hydrogens (tertiary/aromatic N) is 2. The molecule has 1 N–H and O–H groups in total. The van der Waals surface area contributed by atoms with Gasteiger partial charge in [0.25, 0.3) is 0 Å². The maximum Gasteiger partial charge on any atom is 0.144 e. The van der Waals surface area contributed by atoms with Gasteiger partial charge in [-0.1, -0.05) is 25.6 Å². The van der Waals surface area contributed by atoms with Crippen LogP contribution < -0.4 is 0 Å². The Hall–Kier alpha value is -0.590. The Balaban J connectivity index is 2.55. The molecule has 0 bridgehead atoms. The molecule has 0 aliphatic rings. The third kappa shape index (κ3) is 3.05. The number of pyridine rings is 1. The third-order valence-electron chi connectivity index (χ3n) is 2.41. The second-order valence-corrected chi connectivity index (χ2v) is 5.92. The molecule has 0 atom stereocenters. The van der Waals surface area contributed by atoms with Crippen LogP contribution in [0.3, 0.4) is 0 Å². The number of rotatable bonds is 3. The number of hydrogen-bond donors (Lipinski definition) is 1. The minimum absolute atomic E-state index is 0.576. The molecule has 0 unspecified atom stereocenters. The fraction of sp³-hybridized carbons (Fsp3) is 0.250. The Morgan fingerprint density at radius 2 is 2.11 bits per heavy atom. The molecule has 2 heterocycles. The second-order valence-electron chi connectivity index (χ2n) is 3.82. The highest BCUT2D eigenvalue weighted by Gasteiger charge is 2.08. The first-order valence-corrected chi connectivity index (χ1v) is 7.51. The van der Waals surface area contributed by atoms with E-state index in [-0.39, 0.29) is 0 Å². The maximum absolute atomic E-state index is 5.27. The Morgan fingerprint density at radius 1 is 1.33 bits per heavy atom. The zero-order valence-electron chi connectivity index (χ0n) is 9.70. The molecule has 3 nitrogen and oxygen atoms in total. The highest BCUT2D eigenvalue weighted by atomic mass is 79.9. The zero-order valence-corrected chi connectivity index (χ0v) is 13.7. The third-order valence-corrected chi connectivity index (χ3v) is 4.26. The summed E-state index contributed by atoms with van der Waals surface area (Å²) < 4.78 is 2.37. The summed E-state index contributed by atoms with van der Waals surface area (Å²) in [4.78, 5) is 11.8. The lowest BCUT2D eigenvalue weighted by Crippen LogP contribution is -1.98. The van der Waals surface area contributed by atoms with E-state index < -0.39 is 0 Å². The quantitative estimate of drug-likeness (QED) is 0.776. The number of aromatic nitrogens is 3. The minimum atomic E-state index is 0.576. The van der Waals surface area contributed by atoms with Crippen LogP contribution in [-0.4, -0.2) is 15.0 Å². The summed E-state index contributed by atoms with van der Waals surface area (Å²) >= 11 is 12.1. The molecule has 0 aliphatic heterocycles. The van der Waals surface area contributed by atoms with Crippen molar-refractivity contribution in [1.29, 1.82) is 0 Å². The molecule has 0 amide bonds. The molecule has 2 aromatic rings. The standard InChI is InChI=1S/C12H11Br2N3S/c1-2-3-9-10(14)12(18)17-11(16-9)7-4-8(13)6-15-5-7/h4-6H,2-3H2,1H3,(H,16,17,18). The van der Waals surface area contributed by atoms with Crippen molar-refractivity contribution in [1.82, 2.24) is 15.0 Å². The molecule has 2 aromatic heterocycles. The molecule has 0 aromatic carbocycles. The van der Waals surface area contributed by atoms with E-state index in [0.29, 0.717) is 4.64 Å². The van der Waals surface area contributed by atoms with Gasteiger partial charge >= 0.3 is 0 Å². The first-order chi connectivity index (χ1) is 8.61. The van der Waals surface area contributed by atoms with E-state index in [0.717, 1.165) is 38.9 Å². The van der Waals surface area contributed by atoms with Crippen molar-refractivity contribution in [2.24, 2.45) is 0 Å². The fourth-order valence-corrected chi connectivity index (χ4v) is 2.57. The first kappa shape index (κ1) is 13.8. The Labute approximate surface area is 127 Å². The monoisotopic (exact) mass is 387 g/mol. The van der Waals surface area contributed by atoms with Gasteiger partial charge in [-0.25, -0.2) is 4.98 Å². The van der Waals surface area contributed by atoms with Crippen LogP contribution in [0.5, 0.6) is 0 Å². The Morgan fingerprint density at radius 3 is 2.78 bits per heavy atom. The van der Waals surface area contributed by atoms with Crippen LogP contribution in [0.2, 0.25) is 0 Å². The molecular formula is C12H11Br2N3S. The van der Waals surface area contributed by atoms with Gasteiger partial charge in [0.15, 0.2) is 0 Å². The Bertz CT molecular complexity index is 625. The molecule has 0 radical (unpaired) electrons. The smallest absolute Gasteiger partial charge is 0.144 e. The van der Waals surface area contributed by atoms with Gasteiger partial charge in [0.05, 0.1) is 4.47 Å². The lowest BCUT2D eigenvalue weighted by atomic mass is 10.2. The van der Waals surface area contributed by atoms with Crippen LogP contribution >= 0.6 is 44.1 Å². The summed E-state index contributed by atoms with van der Waals surface area (Å²) in [5.74, 6) is 0.750. The van der Waals surface area contributed by atoms with Gasteiger partial charge in [-0.3, -0.25) is 4.98 Å². The molecular weight excluding hydrogens is 378 g/mol. The van der Waals surface area contributed by atoms with Gasteiger partial charge in [0.1, 0.15) is 10.5 Å². The van der Waals surface area contributed by atoms with E-state index >= 15 is 0 Å². The van der Waals surface area contributed by atoms with Gasteiger partial charge in [0, 0.05) is 28.1 Å². The molecule has 0 spiro atoms. The largest absolute Gasteiger partial charge is 0.342 e. The minimum Gasteiger partial charge on any atom is -0.342 e. The molecule has 18 heavy (non-hydrogen) atoms. The maximum atomic E-state index is 5.27. The Kier molecular flexibility index (Phi) is 4.64. The topological polar surface area (TPSA) is 41.6 Å². The second kappa shape index (κ2) is 6.04. The number of hydrogen-bond acceptors (Lipinski definition) is 3. The lowest BCUT2D eigenvalue weighted by molar-refractivity contribution is 0.865. The highest BCUT2D eigenvalue weighted by molar-refractivity contribution is 9.10. The number of aromatic amines is 1. The van der Waals surface area contributed by atoms with Crippen molar-refractivity contribution >= 4 is 44.1 Å². The van der Waals surface area contributed by atoms with Crippen LogP contribution in [0, 0.1) is 4.64 Å². The van der Waals surface area contributed by atoms with Gasteiger partial charge in [0.2, 0.25) is 0 Å². The van der Waals surface area contributed by atoms with Crippen LogP contribution in [-0.2, 0) is 6.42 Å². The van der Waals surface area contributed by atoms with Crippen molar-refractivity contribution in [3.05, 3.63) is 37.7 Å². The summed E-state index contributed by atoms with van der Waals surface area (Å²) in [6.45, 7) is 2.13. The van der Waals surface area contributed by atoms with Crippen molar-refractivity contribution in [2.75, 3.05) is 0 Å². The SMILES string of the molecule is CCCc1[nH]c(-c2cncc(Br)c2)nc(=S)c1Br. The number of nitrogens with one attached hydrogen (secondary N) is 1. The summed E-state index contributed by atoms with van der Waals surface area (Å²) in [5, 5.41) is 0. The van der Waals surface area contributed by atoms with E-state index in [9.17, 15) is 0 Å². The van der Waals surface area contributed by atoms with Crippen molar-refractivity contribution in [3.63, 3.8) is 0 Å². The molecule has 0 saturated heterocycles. The van der Waals surface area contributed by atoms with Crippen LogP contribution in [0.4, 0.5) is 0 Å². The molecule has 0 fully saturated rings. The van der Waals surface area contributed by atoms with Crippen molar-refractivity contribution < 1.29 is 0 Å². The number of halogens is 2. The average Bonchev–Trinajstić information content (AvgIpc) is 2.35. The molecule has 94 valence electrons. The highest BCUT2D eigenvalue weighted by Crippen LogP contribution is 2.23. The average molecular weight is 389 g/mol. The van der Waals surface area contributed by atoms with Crippen molar-refractivity contribution in [3.8, 4) is 11.4 Å². The summed E-state index contributed by atoms with van der Waals surface area (Å²) in [5.41, 5.74) is 1.99. The van der Waals surface area contributed by atoms with Gasteiger partial charge in [-0.15, -0.1) is 0 Å². The lowest BCUT2D eigenvalue weighted by Gasteiger charge is -2.07. The van der Waals surface area contributed by atoms with Gasteiger partial charge in [-0.2, -0.15) is 0 Å². The zero-order chi connectivity index (χ0) is 13.1. The summed E-state index contributed by atoms with van der Waals surface area (Å²) in [6, 6.07) is 1.96. The van der Waals surface area contributed by atoms with Crippen LogP contribution in [0.1, 0.15) is 19.0 Å². The van der Waals surface area contributed by atoms with E-state index in [2.05, 4.69) is 53.7 Å². The molecule has 0 saturated carbocycles. The van der Waals surface area contributed by atoms with Crippen LogP contribution in [0.15, 0.2) is 27.4 Å². The molecule has 6 heteroatoms. The fourth-order valence-electron chi connectivity index (χ4n) is 1.61. The summed E-state index contributed by atoms with van der Waals surface area (Å²) in [7, 11) is 0. The first-order valence-electron chi connectivity index (χ1n) is 5.51. The normalized spacial score (nSPS) is 10.6. The molecule has 0 aliphatic carbocycles. The summed E-state index contributed by atoms with van der Waals surface area (Å²) in [6.07, 6.45) is 5.48. The van der Waals surface area contributed by atoms with E-state index in [4.69, 9.17) is 12.2 Å². The van der Waals surface area contributed by atoms with E-state index in [1.807, 2.05) is 6.07 Å². The van der Waals surface area contributed by atoms with E-state index in [1.54, 1.807) is 12.4 Å². The predicted molar refractivity (Wildman–Crippen MR) is 82.0 cm³/mol.